The fraction of sp³-hybridized carbons (Fsp3) is 0.778. The minimum absolute atomic E-state index is 0.169. The van der Waals surface area contributed by atoms with Crippen LogP contribution in [0.3, 0.4) is 0 Å². The summed E-state index contributed by atoms with van der Waals surface area (Å²) in [5.41, 5.74) is -0.498. The number of esters is 1. The molecule has 0 aliphatic carbocycles. The Bertz CT molecular complexity index is 386. The molecule has 5 heteroatoms. The monoisotopic (exact) mass is 342 g/mol. The molecule has 0 saturated heterocycles. The first kappa shape index (κ1) is 22.1. The van der Waals surface area contributed by atoms with Crippen LogP contribution in [0.25, 0.3) is 0 Å². The van der Waals surface area contributed by atoms with Crippen molar-refractivity contribution in [2.24, 2.45) is 5.92 Å². The minimum Gasteiger partial charge on any atom is -0.457 e. The minimum atomic E-state index is -1.78. The van der Waals surface area contributed by atoms with E-state index in [4.69, 9.17) is 9.16 Å². The van der Waals surface area contributed by atoms with Crippen molar-refractivity contribution in [3.63, 3.8) is 0 Å². The van der Waals surface area contributed by atoms with Crippen LogP contribution in [0.5, 0.6) is 0 Å². The van der Waals surface area contributed by atoms with Crippen LogP contribution >= 0.6 is 0 Å². The first-order valence-corrected chi connectivity index (χ1v) is 11.2. The summed E-state index contributed by atoms with van der Waals surface area (Å²) in [7, 11) is -1.78. The average Bonchev–Trinajstić information content (AvgIpc) is 2.48. The molecule has 0 aromatic rings. The van der Waals surface area contributed by atoms with Gasteiger partial charge < -0.3 is 14.0 Å². The Morgan fingerprint density at radius 3 is 2.04 bits per heavy atom. The summed E-state index contributed by atoms with van der Waals surface area (Å²) >= 11 is 0. The normalized spacial score (nSPS) is 15.4. The zero-order chi connectivity index (χ0) is 18.1. The number of hydrogen-bond donors (Lipinski definition) is 0. The third-order valence-electron chi connectivity index (χ3n) is 4.16. The van der Waals surface area contributed by atoms with Crippen molar-refractivity contribution in [2.75, 3.05) is 0 Å². The lowest BCUT2D eigenvalue weighted by Gasteiger charge is -2.34. The maximum atomic E-state index is 11.7. The van der Waals surface area contributed by atoms with E-state index in [0.717, 1.165) is 24.4 Å². The molecule has 0 heterocycles. The highest BCUT2D eigenvalue weighted by molar-refractivity contribution is 6.73. The van der Waals surface area contributed by atoms with Crippen LogP contribution in [0, 0.1) is 5.92 Å². The third kappa shape index (κ3) is 8.46. The second-order valence-electron chi connectivity index (χ2n) is 7.07. The summed E-state index contributed by atoms with van der Waals surface area (Å²) in [5, 5.41) is 0. The molecule has 2 unspecified atom stereocenters. The Labute approximate surface area is 142 Å². The summed E-state index contributed by atoms with van der Waals surface area (Å²) in [5.74, 6) is -0.546. The zero-order valence-electron chi connectivity index (χ0n) is 15.8. The molecule has 0 bridgehead atoms. The first-order valence-electron chi connectivity index (χ1n) is 8.65. The van der Waals surface area contributed by atoms with Gasteiger partial charge in [0.05, 0.1) is 6.10 Å². The molecule has 4 nitrogen and oxygen atoms in total. The molecule has 0 aromatic heterocycles. The second kappa shape index (κ2) is 10.0. The van der Waals surface area contributed by atoms with Gasteiger partial charge in [-0.1, -0.05) is 33.8 Å². The summed E-state index contributed by atoms with van der Waals surface area (Å²) < 4.78 is 11.7. The summed E-state index contributed by atoms with van der Waals surface area (Å²) in [4.78, 5) is 22.9. The van der Waals surface area contributed by atoms with E-state index < -0.39 is 13.9 Å². The summed E-state index contributed by atoms with van der Waals surface area (Å²) in [6.07, 6.45) is 4.52. The number of hydrogen-bond acceptors (Lipinski definition) is 4. The number of carbonyl (C=O) groups excluding carboxylic acids is 2. The molecular formula is C18H34O4Si. The molecule has 0 N–H and O–H groups in total. The lowest BCUT2D eigenvalue weighted by atomic mass is 10.0. The lowest BCUT2D eigenvalue weighted by molar-refractivity contribution is -0.148. The Kier molecular flexibility index (Phi) is 9.62. The van der Waals surface area contributed by atoms with Gasteiger partial charge in [0, 0.05) is 12.0 Å². The molecule has 0 fully saturated rings. The number of aldehydes is 1. The molecule has 0 saturated carbocycles. The van der Waals surface area contributed by atoms with E-state index in [2.05, 4.69) is 20.8 Å². The van der Waals surface area contributed by atoms with E-state index in [9.17, 15) is 9.59 Å². The van der Waals surface area contributed by atoms with Gasteiger partial charge in [0.25, 0.3) is 0 Å². The van der Waals surface area contributed by atoms with E-state index in [1.54, 1.807) is 6.08 Å². The first-order chi connectivity index (χ1) is 10.6. The average molecular weight is 343 g/mol. The van der Waals surface area contributed by atoms with Crippen LogP contribution in [-0.2, 0) is 18.8 Å². The van der Waals surface area contributed by atoms with Crippen LogP contribution in [0.4, 0.5) is 0 Å². The van der Waals surface area contributed by atoms with E-state index in [0.29, 0.717) is 6.42 Å². The predicted octanol–water partition coefficient (Wildman–Crippen LogP) is 4.50. The van der Waals surface area contributed by atoms with Crippen molar-refractivity contribution in [3.8, 4) is 0 Å². The van der Waals surface area contributed by atoms with Crippen molar-refractivity contribution in [1.29, 1.82) is 0 Å². The summed E-state index contributed by atoms with van der Waals surface area (Å²) in [6, 6.07) is 3.12. The molecule has 0 aromatic carbocycles. The Balaban J connectivity index is 4.88. The van der Waals surface area contributed by atoms with Crippen LogP contribution in [0.2, 0.25) is 18.1 Å². The van der Waals surface area contributed by atoms with Gasteiger partial charge in [-0.3, -0.25) is 0 Å². The van der Waals surface area contributed by atoms with Gasteiger partial charge in [-0.2, -0.15) is 0 Å². The molecule has 134 valence electrons. The maximum Gasteiger partial charge on any atom is 0.330 e. The molecule has 0 spiro atoms. The highest BCUT2D eigenvalue weighted by atomic mass is 28.4. The van der Waals surface area contributed by atoms with Gasteiger partial charge in [0.2, 0.25) is 0 Å². The van der Waals surface area contributed by atoms with Crippen LogP contribution in [0.15, 0.2) is 12.2 Å². The molecule has 2 atom stereocenters. The van der Waals surface area contributed by atoms with E-state index in [1.807, 2.05) is 27.7 Å². The van der Waals surface area contributed by atoms with Crippen molar-refractivity contribution in [1.82, 2.24) is 0 Å². The van der Waals surface area contributed by atoms with Gasteiger partial charge in [0.1, 0.15) is 11.9 Å². The van der Waals surface area contributed by atoms with Gasteiger partial charge in [0.15, 0.2) is 8.32 Å². The zero-order valence-corrected chi connectivity index (χ0v) is 16.8. The van der Waals surface area contributed by atoms with Gasteiger partial charge >= 0.3 is 5.97 Å². The molecule has 0 rings (SSSR count). The summed E-state index contributed by atoms with van der Waals surface area (Å²) in [6.45, 7) is 13.9. The molecule has 0 radical (unpaired) electrons. The lowest BCUT2D eigenvalue weighted by Crippen LogP contribution is -2.42. The van der Waals surface area contributed by atoms with Crippen LogP contribution < -0.4 is 0 Å². The standard InChI is InChI=1S/C18H34O4Si/c1-8-23(9-2,10-3)22-16(15(4)14-19)12-11-13-17(20)21-18(5,6)7/h11,13-16H,8-10,12H2,1-7H3/b13-11+. The largest absolute Gasteiger partial charge is 0.457 e. The van der Waals surface area contributed by atoms with Crippen LogP contribution in [-0.4, -0.2) is 32.3 Å². The highest BCUT2D eigenvalue weighted by Crippen LogP contribution is 2.26. The van der Waals surface area contributed by atoms with Gasteiger partial charge in [-0.05, 0) is 45.3 Å². The smallest absolute Gasteiger partial charge is 0.330 e. The van der Waals surface area contributed by atoms with E-state index in [1.165, 1.54) is 6.08 Å². The van der Waals surface area contributed by atoms with Crippen molar-refractivity contribution >= 4 is 20.6 Å². The molecule has 0 aliphatic heterocycles. The fourth-order valence-corrected chi connectivity index (χ4v) is 5.37. The number of ether oxygens (including phenoxy) is 1. The highest BCUT2D eigenvalue weighted by Gasteiger charge is 2.33. The third-order valence-corrected chi connectivity index (χ3v) is 8.83. The van der Waals surface area contributed by atoms with Crippen molar-refractivity contribution in [3.05, 3.63) is 12.2 Å². The topological polar surface area (TPSA) is 52.6 Å². The SMILES string of the molecule is CC[Si](CC)(CC)OC(C/C=C/C(=O)OC(C)(C)C)C(C)C=O. The Hall–Kier alpha value is -0.943. The van der Waals surface area contributed by atoms with Crippen molar-refractivity contribution in [2.45, 2.75) is 84.7 Å². The Morgan fingerprint density at radius 2 is 1.65 bits per heavy atom. The number of rotatable bonds is 10. The van der Waals surface area contributed by atoms with E-state index >= 15 is 0 Å². The Morgan fingerprint density at radius 1 is 1.13 bits per heavy atom. The molecule has 0 amide bonds. The quantitative estimate of drug-likeness (QED) is 0.254. The second-order valence-corrected chi connectivity index (χ2v) is 11.8. The fourth-order valence-electron chi connectivity index (χ4n) is 2.41. The predicted molar refractivity (Wildman–Crippen MR) is 96.9 cm³/mol. The van der Waals surface area contributed by atoms with Crippen LogP contribution in [0.1, 0.15) is 54.9 Å². The molecule has 0 aliphatic rings. The molecular weight excluding hydrogens is 308 g/mol. The van der Waals surface area contributed by atoms with E-state index in [-0.39, 0.29) is 18.0 Å². The van der Waals surface area contributed by atoms with Gasteiger partial charge in [-0.15, -0.1) is 0 Å². The van der Waals surface area contributed by atoms with Crippen molar-refractivity contribution < 1.29 is 18.8 Å². The van der Waals surface area contributed by atoms with Gasteiger partial charge in [-0.25, -0.2) is 4.79 Å². The number of carbonyl (C=O) groups is 2. The maximum absolute atomic E-state index is 11.7. The molecule has 23 heavy (non-hydrogen) atoms.